The summed E-state index contributed by atoms with van der Waals surface area (Å²) in [6.07, 6.45) is 3.29. The Morgan fingerprint density at radius 1 is 1.53 bits per heavy atom. The second-order valence-electron chi connectivity index (χ2n) is 4.63. The number of nitrogens with zero attached hydrogens (tertiary/aromatic N) is 1. The summed E-state index contributed by atoms with van der Waals surface area (Å²) in [5.41, 5.74) is 0.775. The molecule has 1 atom stereocenters. The molecule has 5 heteroatoms. The van der Waals surface area contributed by atoms with Crippen LogP contribution in [0.25, 0.3) is 0 Å². The summed E-state index contributed by atoms with van der Waals surface area (Å²) in [6.45, 7) is 2.79. The summed E-state index contributed by atoms with van der Waals surface area (Å²) in [7, 11) is 0. The molecule has 1 aliphatic heterocycles. The fourth-order valence-corrected chi connectivity index (χ4v) is 2.09. The number of ether oxygens (including phenoxy) is 2. The molecule has 1 N–H and O–H groups in total. The van der Waals surface area contributed by atoms with Gasteiger partial charge in [0.05, 0.1) is 11.8 Å². The first kappa shape index (κ1) is 13.8. The molecule has 104 valence electrons. The first-order valence-corrected chi connectivity index (χ1v) is 6.43. The molecule has 0 radical (unpaired) electrons. The molecule has 0 aliphatic carbocycles. The number of halogens is 1. The van der Waals surface area contributed by atoms with E-state index in [0.717, 1.165) is 25.9 Å². The van der Waals surface area contributed by atoms with Gasteiger partial charge < -0.3 is 14.7 Å². The monoisotopic (exact) mass is 267 g/mol. The van der Waals surface area contributed by atoms with E-state index in [2.05, 4.69) is 5.16 Å². The predicted octanol–water partition coefficient (Wildman–Crippen LogP) is 2.97. The largest absolute Gasteiger partial charge is 0.490 e. The molecule has 1 heterocycles. The van der Waals surface area contributed by atoms with Gasteiger partial charge in [-0.2, -0.15) is 0 Å². The summed E-state index contributed by atoms with van der Waals surface area (Å²) >= 11 is 0. The van der Waals surface area contributed by atoms with Gasteiger partial charge in [0.2, 0.25) is 0 Å². The Labute approximate surface area is 111 Å². The number of hydrogen-bond donors (Lipinski definition) is 1. The van der Waals surface area contributed by atoms with Crippen LogP contribution in [0.5, 0.6) is 5.75 Å². The van der Waals surface area contributed by atoms with E-state index in [1.807, 2.05) is 0 Å². The normalized spacial score (nSPS) is 20.3. The molecule has 2 rings (SSSR count). The van der Waals surface area contributed by atoms with Gasteiger partial charge in [-0.1, -0.05) is 5.16 Å². The van der Waals surface area contributed by atoms with Gasteiger partial charge in [0, 0.05) is 12.2 Å². The lowest BCUT2D eigenvalue weighted by atomic mass is 10.1. The van der Waals surface area contributed by atoms with Crippen molar-refractivity contribution in [2.24, 2.45) is 5.16 Å². The lowest BCUT2D eigenvalue weighted by molar-refractivity contribution is -0.0111. The van der Waals surface area contributed by atoms with Crippen molar-refractivity contribution in [1.29, 1.82) is 0 Å². The molecule has 0 saturated carbocycles. The van der Waals surface area contributed by atoms with Crippen molar-refractivity contribution in [2.75, 3.05) is 13.2 Å². The fourth-order valence-electron chi connectivity index (χ4n) is 2.09. The van der Waals surface area contributed by atoms with Crippen molar-refractivity contribution >= 4 is 5.71 Å². The zero-order chi connectivity index (χ0) is 13.7. The van der Waals surface area contributed by atoms with Crippen molar-refractivity contribution in [3.63, 3.8) is 0 Å². The maximum absolute atomic E-state index is 13.2. The first-order chi connectivity index (χ1) is 9.20. The Morgan fingerprint density at radius 3 is 3.05 bits per heavy atom. The highest BCUT2D eigenvalue weighted by Gasteiger charge is 2.16. The Bertz CT molecular complexity index is 456. The van der Waals surface area contributed by atoms with Gasteiger partial charge >= 0.3 is 0 Å². The third kappa shape index (κ3) is 3.67. The van der Waals surface area contributed by atoms with Crippen molar-refractivity contribution in [2.45, 2.75) is 32.3 Å². The smallest absolute Gasteiger partial charge is 0.128 e. The Hall–Kier alpha value is -1.62. The van der Waals surface area contributed by atoms with Gasteiger partial charge in [0.25, 0.3) is 0 Å². The molecule has 1 saturated heterocycles. The fraction of sp³-hybridized carbons (Fsp3) is 0.500. The van der Waals surface area contributed by atoms with Gasteiger partial charge in [0.15, 0.2) is 0 Å². The van der Waals surface area contributed by atoms with Crippen molar-refractivity contribution in [1.82, 2.24) is 0 Å². The number of rotatable bonds is 4. The van der Waals surface area contributed by atoms with Crippen LogP contribution in [0.3, 0.4) is 0 Å². The molecule has 1 unspecified atom stereocenters. The highest BCUT2D eigenvalue weighted by molar-refractivity contribution is 6.00. The first-order valence-electron chi connectivity index (χ1n) is 6.43. The van der Waals surface area contributed by atoms with E-state index in [1.54, 1.807) is 13.0 Å². The maximum atomic E-state index is 13.2. The van der Waals surface area contributed by atoms with Crippen LogP contribution in [0, 0.1) is 5.82 Å². The SMILES string of the molecule is CC(=NO)c1cc(F)ccc1OCC1CCCCO1. The van der Waals surface area contributed by atoms with Crippen LogP contribution in [-0.2, 0) is 4.74 Å². The summed E-state index contributed by atoms with van der Waals surface area (Å²) in [4.78, 5) is 0. The number of benzene rings is 1. The van der Waals surface area contributed by atoms with Gasteiger partial charge in [-0.05, 0) is 44.4 Å². The van der Waals surface area contributed by atoms with Crippen molar-refractivity contribution in [3.8, 4) is 5.75 Å². The average molecular weight is 267 g/mol. The molecular weight excluding hydrogens is 249 g/mol. The third-order valence-corrected chi connectivity index (χ3v) is 3.18. The Balaban J connectivity index is 2.06. The van der Waals surface area contributed by atoms with Gasteiger partial charge in [0.1, 0.15) is 18.2 Å². The third-order valence-electron chi connectivity index (χ3n) is 3.18. The topological polar surface area (TPSA) is 51.1 Å². The average Bonchev–Trinajstić information content (AvgIpc) is 2.46. The van der Waals surface area contributed by atoms with E-state index in [1.165, 1.54) is 12.1 Å². The highest BCUT2D eigenvalue weighted by Crippen LogP contribution is 2.22. The molecule has 1 fully saturated rings. The van der Waals surface area contributed by atoms with Crippen LogP contribution < -0.4 is 4.74 Å². The minimum Gasteiger partial charge on any atom is -0.490 e. The van der Waals surface area contributed by atoms with Crippen molar-refractivity contribution < 1.29 is 19.1 Å². The molecule has 0 amide bonds. The van der Waals surface area contributed by atoms with E-state index in [4.69, 9.17) is 14.7 Å². The van der Waals surface area contributed by atoms with E-state index in [0.29, 0.717) is 23.6 Å². The number of hydrogen-bond acceptors (Lipinski definition) is 4. The molecule has 0 aromatic heterocycles. The lowest BCUT2D eigenvalue weighted by Gasteiger charge is -2.23. The minimum atomic E-state index is -0.390. The van der Waals surface area contributed by atoms with Gasteiger partial charge in [-0.15, -0.1) is 0 Å². The van der Waals surface area contributed by atoms with Gasteiger partial charge in [-0.25, -0.2) is 4.39 Å². The summed E-state index contributed by atoms with van der Waals surface area (Å²) in [5.74, 6) is 0.116. The standard InChI is InChI=1S/C14H18FNO3/c1-10(16-17)13-8-11(15)5-6-14(13)19-9-12-4-2-3-7-18-12/h5-6,8,12,17H,2-4,7,9H2,1H3. The highest BCUT2D eigenvalue weighted by atomic mass is 19.1. The van der Waals surface area contributed by atoms with Crippen LogP contribution in [0.15, 0.2) is 23.4 Å². The summed E-state index contributed by atoms with van der Waals surface area (Å²) < 4.78 is 24.5. The van der Waals surface area contributed by atoms with Crippen LogP contribution in [0.4, 0.5) is 4.39 Å². The molecule has 19 heavy (non-hydrogen) atoms. The summed E-state index contributed by atoms with van der Waals surface area (Å²) in [6, 6.07) is 4.17. The van der Waals surface area contributed by atoms with E-state index in [9.17, 15) is 4.39 Å². The zero-order valence-electron chi connectivity index (χ0n) is 10.9. The molecule has 1 aromatic rings. The van der Waals surface area contributed by atoms with Crippen LogP contribution in [-0.4, -0.2) is 30.2 Å². The second-order valence-corrected chi connectivity index (χ2v) is 4.63. The molecule has 0 spiro atoms. The lowest BCUT2D eigenvalue weighted by Crippen LogP contribution is -2.26. The zero-order valence-corrected chi connectivity index (χ0v) is 10.9. The van der Waals surface area contributed by atoms with Gasteiger partial charge in [-0.3, -0.25) is 0 Å². The van der Waals surface area contributed by atoms with E-state index >= 15 is 0 Å². The molecule has 4 nitrogen and oxygen atoms in total. The quantitative estimate of drug-likeness (QED) is 0.518. The second kappa shape index (κ2) is 6.52. The number of oxime groups is 1. The molecule has 1 aliphatic rings. The van der Waals surface area contributed by atoms with Crippen molar-refractivity contribution in [3.05, 3.63) is 29.6 Å². The maximum Gasteiger partial charge on any atom is 0.128 e. The Kier molecular flexibility index (Phi) is 4.74. The van der Waals surface area contributed by atoms with Crippen LogP contribution in [0.2, 0.25) is 0 Å². The summed E-state index contributed by atoms with van der Waals surface area (Å²) in [5, 5.41) is 11.9. The molecule has 1 aromatic carbocycles. The molecular formula is C14H18FNO3. The van der Waals surface area contributed by atoms with E-state index in [-0.39, 0.29) is 11.9 Å². The Morgan fingerprint density at radius 2 is 2.37 bits per heavy atom. The van der Waals surface area contributed by atoms with Crippen LogP contribution >= 0.6 is 0 Å². The molecule has 0 bridgehead atoms. The predicted molar refractivity (Wildman–Crippen MR) is 69.5 cm³/mol. The van der Waals surface area contributed by atoms with Crippen LogP contribution in [0.1, 0.15) is 31.7 Å². The van der Waals surface area contributed by atoms with E-state index < -0.39 is 0 Å². The minimum absolute atomic E-state index is 0.0815.